The molecule has 0 aromatic heterocycles. The third kappa shape index (κ3) is 5.62. The fourth-order valence-electron chi connectivity index (χ4n) is 5.78. The standard InChI is InChI=1S/C27H36F6/c1-3-5-7-19-8-10-20(11-9-19)21-12-14-23(15-13-21)26(30,31)27(32,33)24-17-16-22(6-4-2)25(28,29)18-24/h3,8-11,21-24H,1,4-7,12-18H2,2H3. The smallest absolute Gasteiger partial charge is 0.207 e. The fourth-order valence-corrected chi connectivity index (χ4v) is 5.78. The average Bonchev–Trinajstić information content (AvgIpc) is 2.79. The van der Waals surface area contributed by atoms with E-state index in [0.29, 0.717) is 19.3 Å². The molecule has 0 saturated heterocycles. The molecule has 0 spiro atoms. The van der Waals surface area contributed by atoms with Crippen LogP contribution in [0.4, 0.5) is 26.3 Å². The molecule has 0 bridgehead atoms. The Labute approximate surface area is 193 Å². The van der Waals surface area contributed by atoms with Crippen molar-refractivity contribution in [2.45, 2.75) is 101 Å². The lowest BCUT2D eigenvalue weighted by Gasteiger charge is -2.44. The maximum absolute atomic E-state index is 15.1. The molecule has 186 valence electrons. The van der Waals surface area contributed by atoms with E-state index in [1.54, 1.807) is 6.92 Å². The van der Waals surface area contributed by atoms with Gasteiger partial charge in [-0.05, 0) is 74.8 Å². The summed E-state index contributed by atoms with van der Waals surface area (Å²) >= 11 is 0. The molecule has 33 heavy (non-hydrogen) atoms. The van der Waals surface area contributed by atoms with Crippen LogP contribution in [0.1, 0.15) is 88.2 Å². The second-order valence-corrected chi connectivity index (χ2v) is 10.1. The fraction of sp³-hybridized carbons (Fsp3) is 0.704. The molecule has 0 N–H and O–H groups in total. The molecule has 6 heteroatoms. The maximum Gasteiger partial charge on any atom is 0.313 e. The van der Waals surface area contributed by atoms with Crippen LogP contribution in [0, 0.1) is 17.8 Å². The molecule has 2 aliphatic rings. The van der Waals surface area contributed by atoms with Gasteiger partial charge in [0.1, 0.15) is 0 Å². The van der Waals surface area contributed by atoms with E-state index in [2.05, 4.69) is 6.58 Å². The van der Waals surface area contributed by atoms with Crippen molar-refractivity contribution in [3.8, 4) is 0 Å². The van der Waals surface area contributed by atoms with Crippen LogP contribution in [0.2, 0.25) is 0 Å². The summed E-state index contributed by atoms with van der Waals surface area (Å²) in [5.74, 6) is -16.4. The molecule has 2 saturated carbocycles. The summed E-state index contributed by atoms with van der Waals surface area (Å²) in [6, 6.07) is 8.02. The highest BCUT2D eigenvalue weighted by molar-refractivity contribution is 5.26. The molecular weight excluding hydrogens is 438 g/mol. The van der Waals surface area contributed by atoms with Crippen molar-refractivity contribution in [1.29, 1.82) is 0 Å². The van der Waals surface area contributed by atoms with E-state index in [9.17, 15) is 8.78 Å². The molecule has 2 atom stereocenters. The van der Waals surface area contributed by atoms with Gasteiger partial charge in [-0.1, -0.05) is 43.7 Å². The van der Waals surface area contributed by atoms with Gasteiger partial charge < -0.3 is 0 Å². The lowest BCUT2D eigenvalue weighted by Crippen LogP contribution is -2.54. The van der Waals surface area contributed by atoms with E-state index in [4.69, 9.17) is 0 Å². The number of allylic oxidation sites excluding steroid dienone is 1. The molecule has 1 aromatic rings. The van der Waals surface area contributed by atoms with Gasteiger partial charge in [-0.15, -0.1) is 6.58 Å². The molecule has 2 unspecified atom stereocenters. The minimum Gasteiger partial charge on any atom is -0.207 e. The largest absolute Gasteiger partial charge is 0.313 e. The average molecular weight is 475 g/mol. The number of hydrogen-bond acceptors (Lipinski definition) is 0. The molecule has 0 aliphatic heterocycles. The first-order valence-electron chi connectivity index (χ1n) is 12.4. The van der Waals surface area contributed by atoms with Crippen molar-refractivity contribution in [3.05, 3.63) is 48.0 Å². The number of alkyl halides is 6. The number of hydrogen-bond donors (Lipinski definition) is 0. The Balaban J connectivity index is 1.62. The summed E-state index contributed by atoms with van der Waals surface area (Å²) in [5, 5.41) is 0. The first-order valence-corrected chi connectivity index (χ1v) is 12.4. The number of rotatable bonds is 9. The highest BCUT2D eigenvalue weighted by Crippen LogP contribution is 2.56. The SMILES string of the molecule is C=CCCc1ccc(C2CCC(C(F)(F)C(F)(F)C3CCC(CCC)C(F)(F)C3)CC2)cc1. The Hall–Kier alpha value is -1.46. The van der Waals surface area contributed by atoms with E-state index in [1.165, 1.54) is 5.56 Å². The van der Waals surface area contributed by atoms with Gasteiger partial charge in [0.25, 0.3) is 5.92 Å². The first-order chi connectivity index (χ1) is 15.5. The predicted molar refractivity (Wildman–Crippen MR) is 120 cm³/mol. The van der Waals surface area contributed by atoms with Crippen LogP contribution in [0.15, 0.2) is 36.9 Å². The summed E-state index contributed by atoms with van der Waals surface area (Å²) in [6.45, 7) is 5.47. The van der Waals surface area contributed by atoms with E-state index < -0.39 is 41.9 Å². The molecule has 3 rings (SSSR count). The van der Waals surface area contributed by atoms with E-state index in [1.807, 2.05) is 30.3 Å². The molecule has 0 amide bonds. The Morgan fingerprint density at radius 2 is 1.48 bits per heavy atom. The number of aryl methyl sites for hydroxylation is 1. The molecule has 2 aliphatic carbocycles. The monoisotopic (exact) mass is 474 g/mol. The van der Waals surface area contributed by atoms with Gasteiger partial charge in [-0.3, -0.25) is 0 Å². The summed E-state index contributed by atoms with van der Waals surface area (Å²) in [7, 11) is 0. The van der Waals surface area contributed by atoms with E-state index in [-0.39, 0.29) is 38.0 Å². The molecule has 0 nitrogen and oxygen atoms in total. The van der Waals surface area contributed by atoms with Gasteiger partial charge in [0.2, 0.25) is 0 Å². The van der Waals surface area contributed by atoms with Crippen LogP contribution in [0.3, 0.4) is 0 Å². The molecule has 0 heterocycles. The maximum atomic E-state index is 15.1. The van der Waals surface area contributed by atoms with Gasteiger partial charge in [-0.2, -0.15) is 17.6 Å². The summed E-state index contributed by atoms with van der Waals surface area (Å²) < 4.78 is 89.0. The van der Waals surface area contributed by atoms with E-state index in [0.717, 1.165) is 18.4 Å². The number of benzene rings is 1. The second kappa shape index (κ2) is 10.4. The molecule has 1 aromatic carbocycles. The molecule has 2 fully saturated rings. The normalized spacial score (nSPS) is 28.5. The highest BCUT2D eigenvalue weighted by atomic mass is 19.3. The summed E-state index contributed by atoms with van der Waals surface area (Å²) in [5.41, 5.74) is 2.21. The van der Waals surface area contributed by atoms with E-state index >= 15 is 17.6 Å². The Kier molecular flexibility index (Phi) is 8.27. The third-order valence-electron chi connectivity index (χ3n) is 7.90. The van der Waals surface area contributed by atoms with Crippen LogP contribution in [-0.4, -0.2) is 17.8 Å². The van der Waals surface area contributed by atoms with Gasteiger partial charge >= 0.3 is 11.8 Å². The Bertz CT molecular complexity index is 761. The van der Waals surface area contributed by atoms with Crippen molar-refractivity contribution < 1.29 is 26.3 Å². The van der Waals surface area contributed by atoms with Gasteiger partial charge in [0.05, 0.1) is 0 Å². The van der Waals surface area contributed by atoms with Crippen LogP contribution < -0.4 is 0 Å². The third-order valence-corrected chi connectivity index (χ3v) is 7.90. The van der Waals surface area contributed by atoms with Crippen molar-refractivity contribution in [2.24, 2.45) is 17.8 Å². The quantitative estimate of drug-likeness (QED) is 0.247. The van der Waals surface area contributed by atoms with Crippen molar-refractivity contribution in [1.82, 2.24) is 0 Å². The van der Waals surface area contributed by atoms with Crippen LogP contribution in [0.25, 0.3) is 0 Å². The zero-order chi connectivity index (χ0) is 24.3. The molecule has 0 radical (unpaired) electrons. The summed E-state index contributed by atoms with van der Waals surface area (Å²) in [4.78, 5) is 0. The minimum atomic E-state index is -4.42. The van der Waals surface area contributed by atoms with Crippen molar-refractivity contribution in [3.63, 3.8) is 0 Å². The predicted octanol–water partition coefficient (Wildman–Crippen LogP) is 9.20. The van der Waals surface area contributed by atoms with Crippen LogP contribution in [0.5, 0.6) is 0 Å². The van der Waals surface area contributed by atoms with Crippen molar-refractivity contribution in [2.75, 3.05) is 0 Å². The summed E-state index contributed by atoms with van der Waals surface area (Å²) in [6.07, 6.45) is 3.61. The minimum absolute atomic E-state index is 0.0208. The molecular formula is C27H36F6. The zero-order valence-electron chi connectivity index (χ0n) is 19.4. The van der Waals surface area contributed by atoms with Gasteiger partial charge in [0, 0.05) is 24.2 Å². The zero-order valence-corrected chi connectivity index (χ0v) is 19.4. The Morgan fingerprint density at radius 1 is 0.909 bits per heavy atom. The Morgan fingerprint density at radius 3 is 2.03 bits per heavy atom. The highest BCUT2D eigenvalue weighted by Gasteiger charge is 2.66. The number of halogens is 6. The topological polar surface area (TPSA) is 0 Å². The van der Waals surface area contributed by atoms with Crippen LogP contribution in [-0.2, 0) is 6.42 Å². The first kappa shape index (κ1) is 26.2. The van der Waals surface area contributed by atoms with Gasteiger partial charge in [-0.25, -0.2) is 8.78 Å². The second-order valence-electron chi connectivity index (χ2n) is 10.1. The lowest BCUT2D eigenvalue weighted by molar-refractivity contribution is -0.281. The lowest BCUT2D eigenvalue weighted by atomic mass is 9.69. The van der Waals surface area contributed by atoms with Crippen LogP contribution >= 0.6 is 0 Å². The van der Waals surface area contributed by atoms with Crippen molar-refractivity contribution >= 4 is 0 Å². The van der Waals surface area contributed by atoms with Gasteiger partial charge in [0.15, 0.2) is 0 Å².